The van der Waals surface area contributed by atoms with Crippen LogP contribution in [0.15, 0.2) is 46.3 Å². The largest absolute Gasteiger partial charge is 0.506 e. The van der Waals surface area contributed by atoms with Crippen LogP contribution in [-0.4, -0.2) is 83.6 Å². The number of amides is 2. The third-order valence-electron chi connectivity index (χ3n) is 8.47. The second kappa shape index (κ2) is 13.4. The fraction of sp³-hybridized carbons (Fsp3) is 0.469. The molecule has 2 amide bonds. The van der Waals surface area contributed by atoms with Crippen LogP contribution in [0.4, 0.5) is 11.4 Å². The number of fused-ring (bicyclic) bond motifs is 1. The van der Waals surface area contributed by atoms with Gasteiger partial charge in [-0.25, -0.2) is 0 Å². The number of ether oxygens (including phenoxy) is 1. The van der Waals surface area contributed by atoms with Gasteiger partial charge in [-0.15, -0.1) is 0 Å². The molecule has 0 aliphatic carbocycles. The van der Waals surface area contributed by atoms with Gasteiger partial charge in [0.05, 0.1) is 10.6 Å². The summed E-state index contributed by atoms with van der Waals surface area (Å²) in [5.41, 5.74) is 3.33. The van der Waals surface area contributed by atoms with Crippen molar-refractivity contribution in [1.82, 2.24) is 10.2 Å². The molecule has 0 spiro atoms. The second-order valence-corrected chi connectivity index (χ2v) is 12.6. The Balaban J connectivity index is 0.934. The monoisotopic (exact) mass is 605 g/mol. The summed E-state index contributed by atoms with van der Waals surface area (Å²) in [6.45, 7) is 4.33. The molecule has 0 aromatic heterocycles. The summed E-state index contributed by atoms with van der Waals surface area (Å²) < 4.78 is 5.87. The van der Waals surface area contributed by atoms with Crippen molar-refractivity contribution >= 4 is 46.2 Å². The molecule has 0 radical (unpaired) electrons. The highest BCUT2D eigenvalue weighted by Gasteiger charge is 2.27. The maximum atomic E-state index is 12.5. The number of aliphatic hydroxyl groups is 1. The molecule has 0 unspecified atom stereocenters. The Morgan fingerprint density at radius 3 is 2.56 bits per heavy atom. The lowest BCUT2D eigenvalue weighted by Crippen LogP contribution is -2.45. The smallest absolute Gasteiger partial charge is 0.286 e. The van der Waals surface area contributed by atoms with Crippen LogP contribution in [0.5, 0.6) is 11.5 Å². The minimum absolute atomic E-state index is 0.0219. The number of phenols is 1. The number of amidine groups is 1. The van der Waals surface area contributed by atoms with E-state index in [-0.39, 0.29) is 24.2 Å². The molecule has 6 rings (SSSR count). The summed E-state index contributed by atoms with van der Waals surface area (Å²) in [5, 5.41) is 27.6. The van der Waals surface area contributed by atoms with Crippen LogP contribution in [0, 0.1) is 0 Å². The summed E-state index contributed by atoms with van der Waals surface area (Å²) >= 11 is 1.49. The van der Waals surface area contributed by atoms with E-state index in [1.165, 1.54) is 24.2 Å². The normalized spacial score (nSPS) is 21.0. The number of piperidine rings is 2. The molecule has 2 fully saturated rings. The molecule has 2 aromatic carbocycles. The fourth-order valence-electron chi connectivity index (χ4n) is 6.02. The zero-order chi connectivity index (χ0) is 29.8. The van der Waals surface area contributed by atoms with Gasteiger partial charge in [0, 0.05) is 56.4 Å². The number of benzene rings is 2. The summed E-state index contributed by atoms with van der Waals surface area (Å²) in [6, 6.07) is 11.9. The molecule has 10 nitrogen and oxygen atoms in total. The molecule has 4 heterocycles. The molecule has 228 valence electrons. The SMILES string of the molecule is O=C1CCc2c(OC[C@@H](O)CNC3CCN(c4ccc(C=C5SC(N6CCCCC6)=NC5=O)cc4)CC3)ccc(O)c2N1. The highest BCUT2D eigenvalue weighted by molar-refractivity contribution is 8.18. The average molecular weight is 606 g/mol. The van der Waals surface area contributed by atoms with Crippen molar-refractivity contribution in [2.24, 2.45) is 4.99 Å². The average Bonchev–Trinajstić information content (AvgIpc) is 3.40. The van der Waals surface area contributed by atoms with Gasteiger partial charge in [0.25, 0.3) is 5.91 Å². The van der Waals surface area contributed by atoms with Gasteiger partial charge in [0.2, 0.25) is 5.91 Å². The molecule has 4 N–H and O–H groups in total. The number of aliphatic hydroxyl groups excluding tert-OH is 1. The van der Waals surface area contributed by atoms with Gasteiger partial charge in [-0.2, -0.15) is 4.99 Å². The summed E-state index contributed by atoms with van der Waals surface area (Å²) in [6.07, 6.45) is 7.58. The molecule has 0 saturated carbocycles. The molecular formula is C32H39N5O5S. The van der Waals surface area contributed by atoms with Crippen molar-refractivity contribution in [3.8, 4) is 11.5 Å². The Bertz CT molecular complexity index is 1400. The van der Waals surface area contributed by atoms with Gasteiger partial charge in [0.15, 0.2) is 5.17 Å². The Kier molecular flexibility index (Phi) is 9.20. The van der Waals surface area contributed by atoms with Crippen LogP contribution in [0.25, 0.3) is 6.08 Å². The molecule has 2 aromatic rings. The van der Waals surface area contributed by atoms with E-state index in [0.29, 0.717) is 41.8 Å². The van der Waals surface area contributed by atoms with Gasteiger partial charge in [-0.3, -0.25) is 9.59 Å². The number of phenolic OH excluding ortho intramolecular Hbond substituents is 1. The van der Waals surface area contributed by atoms with Crippen LogP contribution in [-0.2, 0) is 16.0 Å². The number of carbonyl (C=O) groups is 2. The van der Waals surface area contributed by atoms with E-state index < -0.39 is 6.10 Å². The van der Waals surface area contributed by atoms with Crippen LogP contribution in [0.3, 0.4) is 0 Å². The van der Waals surface area contributed by atoms with Gasteiger partial charge in [-0.05, 0) is 86.2 Å². The number of nitrogens with zero attached hydrogens (tertiary/aromatic N) is 3. The first kappa shape index (κ1) is 29.5. The predicted molar refractivity (Wildman–Crippen MR) is 170 cm³/mol. The highest BCUT2D eigenvalue weighted by Crippen LogP contribution is 2.38. The van der Waals surface area contributed by atoms with Gasteiger partial charge in [0.1, 0.15) is 24.2 Å². The number of aliphatic imine (C=N–C) groups is 1. The zero-order valence-corrected chi connectivity index (χ0v) is 25.1. The fourth-order valence-corrected chi connectivity index (χ4v) is 6.99. The van der Waals surface area contributed by atoms with Gasteiger partial charge >= 0.3 is 0 Å². The first-order valence-electron chi connectivity index (χ1n) is 15.2. The number of carbonyl (C=O) groups excluding carboxylic acids is 2. The van der Waals surface area contributed by atoms with Crippen molar-refractivity contribution in [3.05, 3.63) is 52.4 Å². The minimum Gasteiger partial charge on any atom is -0.506 e. The maximum Gasteiger partial charge on any atom is 0.286 e. The maximum absolute atomic E-state index is 12.5. The quantitative estimate of drug-likeness (QED) is 0.263. The number of hydrogen-bond acceptors (Lipinski definition) is 9. The van der Waals surface area contributed by atoms with E-state index in [2.05, 4.69) is 49.7 Å². The van der Waals surface area contributed by atoms with Crippen LogP contribution < -0.4 is 20.3 Å². The molecular weight excluding hydrogens is 566 g/mol. The molecule has 43 heavy (non-hydrogen) atoms. The molecule has 11 heteroatoms. The van der Waals surface area contributed by atoms with Gasteiger partial charge in [-0.1, -0.05) is 12.1 Å². The molecule has 4 aliphatic rings. The molecule has 1 atom stereocenters. The van der Waals surface area contributed by atoms with Crippen molar-refractivity contribution in [1.29, 1.82) is 0 Å². The van der Waals surface area contributed by atoms with Crippen molar-refractivity contribution in [3.63, 3.8) is 0 Å². The number of anilines is 2. The zero-order valence-electron chi connectivity index (χ0n) is 24.3. The Hall–Kier alpha value is -3.54. The Labute approximate surface area is 256 Å². The minimum atomic E-state index is -0.687. The molecule has 2 saturated heterocycles. The van der Waals surface area contributed by atoms with Gasteiger partial charge < -0.3 is 35.4 Å². The first-order chi connectivity index (χ1) is 20.9. The topological polar surface area (TPSA) is 127 Å². The van der Waals surface area contributed by atoms with Crippen molar-refractivity contribution in [2.45, 2.75) is 57.1 Å². The van der Waals surface area contributed by atoms with E-state index in [1.54, 1.807) is 6.07 Å². The lowest BCUT2D eigenvalue weighted by Gasteiger charge is -2.34. The highest BCUT2D eigenvalue weighted by atomic mass is 32.2. The second-order valence-electron chi connectivity index (χ2n) is 11.6. The van der Waals surface area contributed by atoms with Crippen LogP contribution >= 0.6 is 11.8 Å². The summed E-state index contributed by atoms with van der Waals surface area (Å²) in [5.74, 6) is 0.327. The van der Waals surface area contributed by atoms with E-state index in [1.807, 2.05) is 6.08 Å². The Morgan fingerprint density at radius 1 is 1.02 bits per heavy atom. The lowest BCUT2D eigenvalue weighted by atomic mass is 10.0. The first-order valence-corrected chi connectivity index (χ1v) is 16.1. The van der Waals surface area contributed by atoms with Crippen molar-refractivity contribution in [2.75, 3.05) is 49.5 Å². The Morgan fingerprint density at radius 2 is 1.79 bits per heavy atom. The standard InChI is InChI=1S/C32H39N5O5S/c38-24(20-42-27-10-9-26(39)30-25(27)8-11-29(40)34-30)19-33-22-12-16-36(17-13-22)23-6-4-21(5-7-23)18-28-31(41)35-32(43-28)37-14-2-1-3-15-37/h4-7,9-10,18,22,24,33,38-39H,1-3,8,11-17,19-20H2,(H,34,40)/t24-/m0/s1. The number of likely N-dealkylation sites (tertiary alicyclic amines) is 1. The number of hydrogen-bond donors (Lipinski definition) is 4. The third-order valence-corrected chi connectivity index (χ3v) is 9.52. The number of nitrogens with one attached hydrogen (secondary N) is 2. The number of thioether (sulfide) groups is 1. The van der Waals surface area contributed by atoms with Crippen LogP contribution in [0.1, 0.15) is 49.7 Å². The van der Waals surface area contributed by atoms with Crippen LogP contribution in [0.2, 0.25) is 0 Å². The lowest BCUT2D eigenvalue weighted by molar-refractivity contribution is -0.116. The number of aromatic hydroxyl groups is 1. The van der Waals surface area contributed by atoms with Crippen molar-refractivity contribution < 1.29 is 24.5 Å². The van der Waals surface area contributed by atoms with E-state index >= 15 is 0 Å². The molecule has 0 bridgehead atoms. The number of rotatable bonds is 8. The third kappa shape index (κ3) is 7.17. The molecule has 4 aliphatic heterocycles. The summed E-state index contributed by atoms with van der Waals surface area (Å²) in [4.78, 5) is 33.8. The van der Waals surface area contributed by atoms with E-state index in [4.69, 9.17) is 4.74 Å². The van der Waals surface area contributed by atoms with E-state index in [9.17, 15) is 19.8 Å². The predicted octanol–water partition coefficient (Wildman–Crippen LogP) is 3.73. The van der Waals surface area contributed by atoms with E-state index in [0.717, 1.165) is 73.8 Å². The summed E-state index contributed by atoms with van der Waals surface area (Å²) in [7, 11) is 0.